The van der Waals surface area contributed by atoms with Gasteiger partial charge in [0.05, 0.1) is 0 Å². The molecular weight excluding hydrogens is 645 g/mol. The van der Waals surface area contributed by atoms with Crippen molar-refractivity contribution in [1.82, 2.24) is 4.90 Å². The van der Waals surface area contributed by atoms with E-state index in [2.05, 4.69) is 0 Å². The smallest absolute Gasteiger partial charge is 0.219 e. The number of hydrogen-bond donors (Lipinski definition) is 0. The Morgan fingerprint density at radius 3 is 0.718 bits per heavy atom. The van der Waals surface area contributed by atoms with Crippen LogP contribution in [0.2, 0.25) is 0 Å². The summed E-state index contributed by atoms with van der Waals surface area (Å²) >= 11 is 0. The van der Waals surface area contributed by atoms with Gasteiger partial charge in [0.2, 0.25) is 0 Å². The highest BCUT2D eigenvalue weighted by Gasteiger charge is 3.11. The van der Waals surface area contributed by atoms with E-state index < -0.39 is 82.0 Å². The van der Waals surface area contributed by atoms with Crippen molar-refractivity contribution < 1.29 is 110 Å². The number of likely N-dealkylation sites (tertiary alicyclic amines) is 1. The molecule has 2 rings (SSSR count). The first-order chi connectivity index (χ1) is 16.4. The van der Waals surface area contributed by atoms with E-state index in [1.54, 1.807) is 0 Å². The summed E-state index contributed by atoms with van der Waals surface area (Å²) in [5.74, 6) is -64.6. The third-order valence-electron chi connectivity index (χ3n) is 5.76. The summed E-state index contributed by atoms with van der Waals surface area (Å²) in [5.41, 5.74) is -17.8. The summed E-state index contributed by atoms with van der Waals surface area (Å²) in [7, 11) is 0. The van der Waals surface area contributed by atoms with Gasteiger partial charge in [0.15, 0.2) is 0 Å². The molecule has 2 aliphatic rings. The van der Waals surface area contributed by atoms with Crippen molar-refractivity contribution in [3.63, 3.8) is 0 Å². The molecule has 1 aliphatic heterocycles. The molecule has 0 spiro atoms. The molecule has 26 heteroatoms. The van der Waals surface area contributed by atoms with E-state index >= 15 is 0 Å². The maximum Gasteiger partial charge on any atom is 0.435 e. The lowest BCUT2D eigenvalue weighted by atomic mass is 9.67. The molecule has 1 aliphatic carbocycles. The summed E-state index contributed by atoms with van der Waals surface area (Å²) < 4.78 is 341. The molecule has 1 saturated carbocycles. The summed E-state index contributed by atoms with van der Waals surface area (Å²) in [6, 6.07) is -18.3. The average Bonchev–Trinajstić information content (AvgIpc) is 2.67. The molecule has 0 radical (unpaired) electrons. The molecule has 2 fully saturated rings. The van der Waals surface area contributed by atoms with Crippen LogP contribution >= 0.6 is 0 Å². The molecule has 0 amide bonds. The zero-order valence-electron chi connectivity index (χ0n) is 16.4. The molecule has 1 heterocycles. The fraction of sp³-hybridized carbons (Fsp3) is 1.00. The highest BCUT2D eigenvalue weighted by molar-refractivity contribution is 5.34. The van der Waals surface area contributed by atoms with E-state index in [4.69, 9.17) is 0 Å². The predicted molar refractivity (Wildman–Crippen MR) is 65.0 cm³/mol. The maximum absolute atomic E-state index is 14.9. The Kier molecular flexibility index (Phi) is 6.13. The summed E-state index contributed by atoms with van der Waals surface area (Å²) in [5, 5.41) is 0. The SMILES string of the molecule is FC(F)(F)C1(F)C(F)(F)C(F)(F)N(C2(F)C(F)(F)C(F)(F)C(F)(C(F)(F)F)C(F)(F)C2(F)F)C(F)(F)C1(F)F. The van der Waals surface area contributed by atoms with Crippen LogP contribution in [-0.2, 0) is 0 Å². The second-order valence-corrected chi connectivity index (χ2v) is 7.80. The Labute approximate surface area is 193 Å². The molecular formula is C13F25N. The van der Waals surface area contributed by atoms with Crippen LogP contribution in [0, 0.1) is 0 Å². The van der Waals surface area contributed by atoms with Gasteiger partial charge in [-0.1, -0.05) is 0 Å². The van der Waals surface area contributed by atoms with Gasteiger partial charge >= 0.3 is 77.1 Å². The van der Waals surface area contributed by atoms with Crippen molar-refractivity contribution >= 4 is 0 Å². The maximum atomic E-state index is 14.9. The quantitative estimate of drug-likeness (QED) is 0.211. The van der Waals surface area contributed by atoms with E-state index in [0.717, 1.165) is 0 Å². The Morgan fingerprint density at radius 2 is 0.513 bits per heavy atom. The van der Waals surface area contributed by atoms with Gasteiger partial charge in [-0.25, -0.2) is 13.2 Å². The molecule has 0 aromatic heterocycles. The highest BCUT2D eigenvalue weighted by Crippen LogP contribution is 2.77. The Hall–Kier alpha value is -1.79. The minimum Gasteiger partial charge on any atom is -0.219 e. The second kappa shape index (κ2) is 7.15. The van der Waals surface area contributed by atoms with Crippen LogP contribution in [0.15, 0.2) is 0 Å². The van der Waals surface area contributed by atoms with Crippen molar-refractivity contribution in [3.05, 3.63) is 0 Å². The second-order valence-electron chi connectivity index (χ2n) is 7.80. The zero-order valence-corrected chi connectivity index (χ0v) is 16.4. The third kappa shape index (κ3) is 2.75. The van der Waals surface area contributed by atoms with Gasteiger partial charge in [0, 0.05) is 0 Å². The lowest BCUT2D eigenvalue weighted by Crippen LogP contribution is -2.96. The summed E-state index contributed by atoms with van der Waals surface area (Å²) in [6.45, 7) is 0. The number of piperidine rings is 1. The van der Waals surface area contributed by atoms with Crippen LogP contribution in [0.1, 0.15) is 0 Å². The van der Waals surface area contributed by atoms with Crippen LogP contribution in [0.3, 0.4) is 0 Å². The van der Waals surface area contributed by atoms with E-state index in [0.29, 0.717) is 0 Å². The van der Waals surface area contributed by atoms with Crippen molar-refractivity contribution in [1.29, 1.82) is 0 Å². The van der Waals surface area contributed by atoms with E-state index in [1.807, 2.05) is 0 Å². The van der Waals surface area contributed by atoms with Gasteiger partial charge in [-0.2, -0.15) is 96.6 Å². The van der Waals surface area contributed by atoms with Crippen LogP contribution in [-0.4, -0.2) is 82.0 Å². The first-order valence-electron chi connectivity index (χ1n) is 8.40. The molecule has 0 aromatic carbocycles. The summed E-state index contributed by atoms with van der Waals surface area (Å²) in [4.78, 5) is -5.45. The first-order valence-corrected chi connectivity index (χ1v) is 8.40. The number of rotatable bonds is 1. The minimum atomic E-state index is -9.51. The molecule has 0 bridgehead atoms. The molecule has 39 heavy (non-hydrogen) atoms. The Morgan fingerprint density at radius 1 is 0.308 bits per heavy atom. The van der Waals surface area contributed by atoms with Crippen LogP contribution < -0.4 is 0 Å². The van der Waals surface area contributed by atoms with E-state index in [1.165, 1.54) is 0 Å². The number of alkyl halides is 25. The Balaban J connectivity index is 3.25. The molecule has 0 atom stereocenters. The summed E-state index contributed by atoms with van der Waals surface area (Å²) in [6.07, 6.45) is -17.0. The number of hydrogen-bond acceptors (Lipinski definition) is 1. The lowest BCUT2D eigenvalue weighted by Gasteiger charge is -2.62. The number of halogens is 25. The van der Waals surface area contributed by atoms with Crippen LogP contribution in [0.4, 0.5) is 110 Å². The van der Waals surface area contributed by atoms with Gasteiger partial charge in [0.1, 0.15) is 0 Å². The third-order valence-corrected chi connectivity index (χ3v) is 5.76. The first kappa shape index (κ1) is 33.4. The standard InChI is InChI=1S/C13F25N/c14-1(10(29,30)31)3(16,17)7(24,25)9(28,8(26,27)4(1,18)19)39-12(35,36)5(20,21)2(15,11(32,33)34)6(22,23)13(39,37)38. The normalized spacial score (nSPS) is 37.8. The minimum absolute atomic E-state index is 5.45. The Bertz CT molecular complexity index is 956. The van der Waals surface area contributed by atoms with Gasteiger partial charge in [-0.3, -0.25) is 0 Å². The zero-order chi connectivity index (χ0) is 32.1. The van der Waals surface area contributed by atoms with E-state index in [9.17, 15) is 110 Å². The van der Waals surface area contributed by atoms with Gasteiger partial charge in [0.25, 0.3) is 0 Å². The predicted octanol–water partition coefficient (Wildman–Crippen LogP) is 7.52. The van der Waals surface area contributed by atoms with Gasteiger partial charge < -0.3 is 0 Å². The van der Waals surface area contributed by atoms with Gasteiger partial charge in [-0.15, -0.1) is 4.90 Å². The monoisotopic (exact) mass is 645 g/mol. The van der Waals surface area contributed by atoms with E-state index in [-0.39, 0.29) is 0 Å². The van der Waals surface area contributed by atoms with Crippen molar-refractivity contribution in [2.75, 3.05) is 0 Å². The lowest BCUT2D eigenvalue weighted by molar-refractivity contribution is -0.583. The molecule has 0 aromatic rings. The van der Waals surface area contributed by atoms with Crippen molar-refractivity contribution in [2.45, 2.75) is 77.1 Å². The topological polar surface area (TPSA) is 3.24 Å². The van der Waals surface area contributed by atoms with Crippen molar-refractivity contribution in [3.8, 4) is 0 Å². The van der Waals surface area contributed by atoms with Crippen molar-refractivity contribution in [2.24, 2.45) is 0 Å². The van der Waals surface area contributed by atoms with Crippen LogP contribution in [0.5, 0.6) is 0 Å². The molecule has 1 saturated heterocycles. The molecule has 0 unspecified atom stereocenters. The fourth-order valence-corrected chi connectivity index (χ4v) is 3.69. The largest absolute Gasteiger partial charge is 0.435 e. The average molecular weight is 645 g/mol. The molecule has 232 valence electrons. The fourth-order valence-electron chi connectivity index (χ4n) is 3.69. The molecule has 0 N–H and O–H groups in total. The van der Waals surface area contributed by atoms with Crippen LogP contribution in [0.25, 0.3) is 0 Å². The highest BCUT2D eigenvalue weighted by atomic mass is 19.4. The molecule has 1 nitrogen and oxygen atoms in total. The number of nitrogens with zero attached hydrogens (tertiary/aromatic N) is 1. The van der Waals surface area contributed by atoms with Gasteiger partial charge in [-0.05, 0) is 0 Å².